The van der Waals surface area contributed by atoms with Crippen molar-refractivity contribution in [3.05, 3.63) is 0 Å². The molecular formula is H3Cl3IrN. The summed E-state index contributed by atoms with van der Waals surface area (Å²) in [7, 11) is 14.9. The first kappa shape index (κ1) is 9.70. The van der Waals surface area contributed by atoms with E-state index in [1.807, 2.05) is 0 Å². The Morgan fingerprint density at radius 1 is 1.00 bits per heavy atom. The zero-order valence-electron chi connectivity index (χ0n) is 2.17. The van der Waals surface area contributed by atoms with E-state index in [4.69, 9.17) is 28.8 Å². The molecule has 0 atom stereocenters. The average Bonchev–Trinajstić information content (AvgIpc) is 0.811. The van der Waals surface area contributed by atoms with E-state index in [2.05, 4.69) is 0 Å². The van der Waals surface area contributed by atoms with Crippen molar-refractivity contribution >= 4 is 28.8 Å². The Bertz CT molecular complexity index is 11.6. The van der Waals surface area contributed by atoms with Gasteiger partial charge in [-0.15, -0.1) is 0 Å². The SMILES string of the molecule is N.[Cl][Ir]([Cl])[Cl]. The van der Waals surface area contributed by atoms with E-state index in [-0.39, 0.29) is 6.15 Å². The molecule has 0 saturated carbocycles. The topological polar surface area (TPSA) is 35.0 Å². The van der Waals surface area contributed by atoms with Gasteiger partial charge < -0.3 is 6.15 Å². The molecule has 0 aromatic heterocycles. The normalized spacial score (nSPS) is 9.00. The second-order valence-corrected chi connectivity index (χ2v) is 10.5. The molecule has 0 aromatic carbocycles. The minimum atomic E-state index is -1.92. The van der Waals surface area contributed by atoms with E-state index in [9.17, 15) is 0 Å². The zero-order chi connectivity index (χ0) is 3.58. The molecule has 0 fully saturated rings. The van der Waals surface area contributed by atoms with Crippen molar-refractivity contribution in [1.82, 2.24) is 6.15 Å². The molecule has 1 nitrogen and oxygen atoms in total. The fraction of sp³-hybridized carbons (Fsp3) is 0. The summed E-state index contributed by atoms with van der Waals surface area (Å²) >= 11 is -1.92. The Hall–Kier alpha value is 1.48. The number of halogens is 3. The van der Waals surface area contributed by atoms with Crippen LogP contribution < -0.4 is 6.15 Å². The van der Waals surface area contributed by atoms with E-state index in [1.54, 1.807) is 0 Å². The van der Waals surface area contributed by atoms with Crippen molar-refractivity contribution in [2.45, 2.75) is 0 Å². The third-order valence-corrected chi connectivity index (χ3v) is 0. The van der Waals surface area contributed by atoms with Crippen molar-refractivity contribution in [3.8, 4) is 0 Å². The van der Waals surface area contributed by atoms with Crippen molar-refractivity contribution < 1.29 is 13.5 Å². The van der Waals surface area contributed by atoms with Gasteiger partial charge in [0, 0.05) is 0 Å². The van der Waals surface area contributed by atoms with E-state index in [0.29, 0.717) is 0 Å². The van der Waals surface area contributed by atoms with Gasteiger partial charge in [-0.3, -0.25) is 0 Å². The summed E-state index contributed by atoms with van der Waals surface area (Å²) in [6.07, 6.45) is 0. The zero-order valence-corrected chi connectivity index (χ0v) is 6.84. The van der Waals surface area contributed by atoms with Gasteiger partial charge in [0.05, 0.1) is 0 Å². The van der Waals surface area contributed by atoms with Crippen LogP contribution in [0.15, 0.2) is 0 Å². The van der Waals surface area contributed by atoms with Gasteiger partial charge in [-0.1, -0.05) is 0 Å². The van der Waals surface area contributed by atoms with Crippen LogP contribution in [0, 0.1) is 0 Å². The van der Waals surface area contributed by atoms with Crippen LogP contribution >= 0.6 is 28.8 Å². The van der Waals surface area contributed by atoms with Gasteiger partial charge in [0.1, 0.15) is 0 Å². The van der Waals surface area contributed by atoms with Crippen LogP contribution in [0.4, 0.5) is 0 Å². The number of hydrogen-bond donors (Lipinski definition) is 1. The standard InChI is InChI=1S/3ClH.Ir.H3N/h3*1H;;1H3/q;;;+3;/p-3. The quantitative estimate of drug-likeness (QED) is 0.731. The fourth-order valence-corrected chi connectivity index (χ4v) is 0. The van der Waals surface area contributed by atoms with E-state index in [0.717, 1.165) is 0 Å². The van der Waals surface area contributed by atoms with Crippen LogP contribution in [0.1, 0.15) is 0 Å². The van der Waals surface area contributed by atoms with Gasteiger partial charge in [-0.25, -0.2) is 0 Å². The summed E-state index contributed by atoms with van der Waals surface area (Å²) in [5.74, 6) is 0. The first-order valence-corrected chi connectivity index (χ1v) is 9.28. The molecule has 0 spiro atoms. The summed E-state index contributed by atoms with van der Waals surface area (Å²) in [5.41, 5.74) is 0. The van der Waals surface area contributed by atoms with Gasteiger partial charge in [0.2, 0.25) is 0 Å². The van der Waals surface area contributed by atoms with E-state index >= 15 is 0 Å². The molecule has 0 amide bonds. The second kappa shape index (κ2) is 5.48. The molecule has 0 aliphatic carbocycles. The Balaban J connectivity index is 0. The Labute approximate surface area is 48.3 Å². The Kier molecular flexibility index (Phi) is 10.6. The van der Waals surface area contributed by atoms with Gasteiger partial charge >= 0.3 is 42.2 Å². The molecule has 5 heavy (non-hydrogen) atoms. The third kappa shape index (κ3) is 30.3. The summed E-state index contributed by atoms with van der Waals surface area (Å²) in [4.78, 5) is 0. The predicted molar refractivity (Wildman–Crippen MR) is 22.6 cm³/mol. The first-order valence-electron chi connectivity index (χ1n) is 0.378. The molecular weight excluding hydrogens is 313 g/mol. The molecule has 0 bridgehead atoms. The van der Waals surface area contributed by atoms with Gasteiger partial charge in [0.25, 0.3) is 0 Å². The Morgan fingerprint density at radius 3 is 1.00 bits per heavy atom. The molecule has 3 N–H and O–H groups in total. The molecule has 0 aromatic rings. The number of rotatable bonds is 0. The fourth-order valence-electron chi connectivity index (χ4n) is 0. The molecule has 0 unspecified atom stereocenters. The maximum atomic E-state index is 4.97. The molecule has 0 heterocycles. The minimum absolute atomic E-state index is 0. The molecule has 5 heteroatoms. The van der Waals surface area contributed by atoms with E-state index < -0.39 is 13.5 Å². The molecule has 0 radical (unpaired) electrons. The summed E-state index contributed by atoms with van der Waals surface area (Å²) in [6.45, 7) is 0. The molecule has 0 aliphatic rings. The van der Waals surface area contributed by atoms with Crippen molar-refractivity contribution in [2.24, 2.45) is 0 Å². The summed E-state index contributed by atoms with van der Waals surface area (Å²) in [6, 6.07) is 0. The van der Waals surface area contributed by atoms with Crippen LogP contribution in [0.2, 0.25) is 0 Å². The molecule has 0 rings (SSSR count). The van der Waals surface area contributed by atoms with Crippen LogP contribution in [0.25, 0.3) is 0 Å². The van der Waals surface area contributed by atoms with E-state index in [1.165, 1.54) is 0 Å². The Morgan fingerprint density at radius 2 is 1.00 bits per heavy atom. The van der Waals surface area contributed by atoms with Crippen LogP contribution in [-0.4, -0.2) is 0 Å². The van der Waals surface area contributed by atoms with Crippen LogP contribution in [0.3, 0.4) is 0 Å². The first-order chi connectivity index (χ1) is 1.73. The van der Waals surface area contributed by atoms with Crippen LogP contribution in [0.5, 0.6) is 0 Å². The van der Waals surface area contributed by atoms with Crippen molar-refractivity contribution in [3.63, 3.8) is 0 Å². The van der Waals surface area contributed by atoms with Gasteiger partial charge in [-0.2, -0.15) is 0 Å². The maximum absolute atomic E-state index is 4.97. The molecule has 0 aliphatic heterocycles. The molecule has 38 valence electrons. The van der Waals surface area contributed by atoms with Crippen molar-refractivity contribution in [1.29, 1.82) is 0 Å². The molecule has 0 saturated heterocycles. The summed E-state index contributed by atoms with van der Waals surface area (Å²) < 4.78 is 0. The van der Waals surface area contributed by atoms with Gasteiger partial charge in [0.15, 0.2) is 0 Å². The van der Waals surface area contributed by atoms with Gasteiger partial charge in [-0.05, 0) is 0 Å². The van der Waals surface area contributed by atoms with Crippen molar-refractivity contribution in [2.75, 3.05) is 0 Å². The monoisotopic (exact) mass is 315 g/mol. The third-order valence-electron chi connectivity index (χ3n) is 0. The average molecular weight is 316 g/mol. The van der Waals surface area contributed by atoms with Crippen LogP contribution in [-0.2, 0) is 13.5 Å². The number of hydrogen-bond acceptors (Lipinski definition) is 1. The second-order valence-electron chi connectivity index (χ2n) is 0.143. The predicted octanol–water partition coefficient (Wildman–Crippen LogP) is 2.23. The summed E-state index contributed by atoms with van der Waals surface area (Å²) in [5, 5.41) is 0.